The van der Waals surface area contributed by atoms with Gasteiger partial charge in [-0.15, -0.1) is 0 Å². The molecule has 2 heterocycles. The Morgan fingerprint density at radius 1 is 1.13 bits per heavy atom. The van der Waals surface area contributed by atoms with Crippen LogP contribution in [0.2, 0.25) is 0 Å². The van der Waals surface area contributed by atoms with Crippen molar-refractivity contribution in [1.82, 2.24) is 25.3 Å². The smallest absolute Gasteiger partial charge is 0.322 e. The molecule has 0 bridgehead atoms. The van der Waals surface area contributed by atoms with E-state index in [-0.39, 0.29) is 23.6 Å². The van der Waals surface area contributed by atoms with Gasteiger partial charge in [0.25, 0.3) is 5.91 Å². The molecule has 0 fully saturated rings. The van der Waals surface area contributed by atoms with Crippen molar-refractivity contribution in [2.24, 2.45) is 0 Å². The minimum Gasteiger partial charge on any atom is -0.346 e. The lowest BCUT2D eigenvalue weighted by Crippen LogP contribution is -2.24. The van der Waals surface area contributed by atoms with Gasteiger partial charge < -0.3 is 5.32 Å². The standard InChI is InChI=1S/C21H18N6O3/c1-14-20(27(29)30)19(24-23-14)21(28)22-12-16-13-26(17-10-6-3-7-11-17)25-18(16)15-8-4-2-5-9-15/h2-11,13H,12H2,1H3,(H,22,28)(H,23,24). The van der Waals surface area contributed by atoms with Crippen LogP contribution in [0.15, 0.2) is 66.9 Å². The number of aromatic amines is 1. The number of nitrogens with zero attached hydrogens (tertiary/aromatic N) is 4. The lowest BCUT2D eigenvalue weighted by Gasteiger charge is -2.04. The van der Waals surface area contributed by atoms with Crippen LogP contribution in [-0.4, -0.2) is 30.8 Å². The number of hydrogen-bond acceptors (Lipinski definition) is 5. The van der Waals surface area contributed by atoms with Crippen molar-refractivity contribution in [3.05, 3.63) is 93.9 Å². The highest BCUT2D eigenvalue weighted by Crippen LogP contribution is 2.24. The number of aromatic nitrogens is 4. The second kappa shape index (κ2) is 8.00. The van der Waals surface area contributed by atoms with Gasteiger partial charge in [-0.05, 0) is 19.1 Å². The third-order valence-corrected chi connectivity index (χ3v) is 4.61. The molecule has 0 aliphatic carbocycles. The van der Waals surface area contributed by atoms with Crippen LogP contribution in [0.25, 0.3) is 16.9 Å². The first-order chi connectivity index (χ1) is 14.5. The topological polar surface area (TPSA) is 119 Å². The number of benzene rings is 2. The van der Waals surface area contributed by atoms with E-state index in [4.69, 9.17) is 0 Å². The number of rotatable bonds is 6. The van der Waals surface area contributed by atoms with Gasteiger partial charge in [0.05, 0.1) is 16.3 Å². The Labute approximate surface area is 171 Å². The molecule has 30 heavy (non-hydrogen) atoms. The molecule has 9 nitrogen and oxygen atoms in total. The summed E-state index contributed by atoms with van der Waals surface area (Å²) in [4.78, 5) is 23.2. The molecular formula is C21H18N6O3. The Morgan fingerprint density at radius 2 is 1.80 bits per heavy atom. The second-order valence-corrected chi connectivity index (χ2v) is 6.63. The molecule has 2 N–H and O–H groups in total. The summed E-state index contributed by atoms with van der Waals surface area (Å²) in [7, 11) is 0. The first kappa shape index (κ1) is 19.1. The van der Waals surface area contributed by atoms with Crippen LogP contribution in [0.4, 0.5) is 5.69 Å². The van der Waals surface area contributed by atoms with Gasteiger partial charge >= 0.3 is 5.69 Å². The van der Waals surface area contributed by atoms with Gasteiger partial charge in [-0.2, -0.15) is 10.2 Å². The third kappa shape index (κ3) is 3.68. The summed E-state index contributed by atoms with van der Waals surface area (Å²) in [5.41, 5.74) is 2.93. The normalized spacial score (nSPS) is 10.7. The molecule has 9 heteroatoms. The number of amides is 1. The molecule has 0 saturated carbocycles. The number of carbonyl (C=O) groups excluding carboxylic acids is 1. The zero-order chi connectivity index (χ0) is 21.1. The van der Waals surface area contributed by atoms with Crippen LogP contribution in [0.3, 0.4) is 0 Å². The highest BCUT2D eigenvalue weighted by Gasteiger charge is 2.27. The molecule has 0 aliphatic rings. The van der Waals surface area contributed by atoms with Gasteiger partial charge in [-0.1, -0.05) is 48.5 Å². The summed E-state index contributed by atoms with van der Waals surface area (Å²) in [6.45, 7) is 1.64. The van der Waals surface area contributed by atoms with Gasteiger partial charge in [0.1, 0.15) is 5.69 Å². The third-order valence-electron chi connectivity index (χ3n) is 4.61. The average molecular weight is 402 g/mol. The highest BCUT2D eigenvalue weighted by molar-refractivity contribution is 5.96. The molecule has 1 amide bonds. The summed E-state index contributed by atoms with van der Waals surface area (Å²) in [5, 5.41) is 24.9. The first-order valence-electron chi connectivity index (χ1n) is 9.21. The highest BCUT2D eigenvalue weighted by atomic mass is 16.6. The molecule has 0 spiro atoms. The van der Waals surface area contributed by atoms with E-state index in [2.05, 4.69) is 20.6 Å². The molecule has 0 unspecified atom stereocenters. The predicted octanol–water partition coefficient (Wildman–Crippen LogP) is 3.41. The Morgan fingerprint density at radius 3 is 2.47 bits per heavy atom. The minimum absolute atomic E-state index is 0.138. The number of nitrogens with one attached hydrogen (secondary N) is 2. The molecule has 150 valence electrons. The quantitative estimate of drug-likeness (QED) is 0.378. The second-order valence-electron chi connectivity index (χ2n) is 6.63. The monoisotopic (exact) mass is 402 g/mol. The summed E-state index contributed by atoms with van der Waals surface area (Å²) in [5.74, 6) is -0.627. The van der Waals surface area contributed by atoms with E-state index in [1.165, 1.54) is 6.92 Å². The largest absolute Gasteiger partial charge is 0.346 e. The van der Waals surface area contributed by atoms with Crippen LogP contribution < -0.4 is 5.32 Å². The maximum absolute atomic E-state index is 12.6. The molecule has 4 aromatic rings. The molecule has 0 atom stereocenters. The molecule has 0 aliphatic heterocycles. The fourth-order valence-corrected chi connectivity index (χ4v) is 3.16. The molecule has 4 rings (SSSR count). The Hall–Kier alpha value is -4.27. The van der Waals surface area contributed by atoms with E-state index >= 15 is 0 Å². The van der Waals surface area contributed by atoms with Crippen LogP contribution in [0, 0.1) is 17.0 Å². The number of hydrogen-bond donors (Lipinski definition) is 2. The van der Waals surface area contributed by atoms with E-state index in [9.17, 15) is 14.9 Å². The van der Waals surface area contributed by atoms with Crippen LogP contribution in [0.1, 0.15) is 21.7 Å². The van der Waals surface area contributed by atoms with Crippen molar-refractivity contribution in [1.29, 1.82) is 0 Å². The Bertz CT molecular complexity index is 1200. The summed E-state index contributed by atoms with van der Waals surface area (Å²) < 4.78 is 1.74. The lowest BCUT2D eigenvalue weighted by molar-refractivity contribution is -0.385. The van der Waals surface area contributed by atoms with Crippen LogP contribution in [-0.2, 0) is 6.54 Å². The molecule has 0 saturated heterocycles. The van der Waals surface area contributed by atoms with E-state index in [0.29, 0.717) is 5.69 Å². The summed E-state index contributed by atoms with van der Waals surface area (Å²) in [6.07, 6.45) is 1.84. The first-order valence-corrected chi connectivity index (χ1v) is 9.21. The number of nitro groups is 1. The molecular weight excluding hydrogens is 384 g/mol. The van der Waals surface area contributed by atoms with E-state index in [1.807, 2.05) is 66.9 Å². The SMILES string of the molecule is Cc1[nH]nc(C(=O)NCc2cn(-c3ccccc3)nc2-c2ccccc2)c1[N+](=O)[O-]. The minimum atomic E-state index is -0.627. The van der Waals surface area contributed by atoms with Gasteiger partial charge in [0.15, 0.2) is 0 Å². The number of aryl methyl sites for hydroxylation is 1. The summed E-state index contributed by atoms with van der Waals surface area (Å²) >= 11 is 0. The number of H-pyrrole nitrogens is 1. The molecule has 2 aromatic heterocycles. The fourth-order valence-electron chi connectivity index (χ4n) is 3.16. The van der Waals surface area contributed by atoms with E-state index in [1.54, 1.807) is 4.68 Å². The van der Waals surface area contributed by atoms with Gasteiger partial charge in [-0.3, -0.25) is 20.0 Å². The van der Waals surface area contributed by atoms with Crippen molar-refractivity contribution in [2.45, 2.75) is 13.5 Å². The predicted molar refractivity (Wildman–Crippen MR) is 110 cm³/mol. The number of para-hydroxylation sites is 1. The molecule has 0 radical (unpaired) electrons. The van der Waals surface area contributed by atoms with E-state index in [0.717, 1.165) is 16.8 Å². The van der Waals surface area contributed by atoms with Crippen molar-refractivity contribution >= 4 is 11.6 Å². The van der Waals surface area contributed by atoms with Crippen molar-refractivity contribution in [3.8, 4) is 16.9 Å². The maximum Gasteiger partial charge on any atom is 0.322 e. The average Bonchev–Trinajstić information content (AvgIpc) is 3.37. The van der Waals surface area contributed by atoms with Gasteiger partial charge in [0, 0.05) is 23.9 Å². The van der Waals surface area contributed by atoms with Gasteiger partial charge in [-0.25, -0.2) is 4.68 Å². The Balaban J connectivity index is 1.64. The van der Waals surface area contributed by atoms with E-state index < -0.39 is 10.8 Å². The van der Waals surface area contributed by atoms with Crippen LogP contribution in [0.5, 0.6) is 0 Å². The Kier molecular flexibility index (Phi) is 5.08. The number of carbonyl (C=O) groups is 1. The summed E-state index contributed by atoms with van der Waals surface area (Å²) in [6, 6.07) is 19.2. The van der Waals surface area contributed by atoms with Crippen molar-refractivity contribution in [3.63, 3.8) is 0 Å². The maximum atomic E-state index is 12.6. The lowest BCUT2D eigenvalue weighted by atomic mass is 10.1. The van der Waals surface area contributed by atoms with Gasteiger partial charge in [0.2, 0.25) is 5.69 Å². The van der Waals surface area contributed by atoms with Crippen molar-refractivity contribution < 1.29 is 9.72 Å². The molecule has 2 aromatic carbocycles. The zero-order valence-electron chi connectivity index (χ0n) is 16.1. The van der Waals surface area contributed by atoms with Crippen molar-refractivity contribution in [2.75, 3.05) is 0 Å². The zero-order valence-corrected chi connectivity index (χ0v) is 16.1. The van der Waals surface area contributed by atoms with Crippen LogP contribution >= 0.6 is 0 Å². The fraction of sp³-hybridized carbons (Fsp3) is 0.0952.